The molecule has 19 heavy (non-hydrogen) atoms. The summed E-state index contributed by atoms with van der Waals surface area (Å²) in [5.41, 5.74) is 1.60. The highest BCUT2D eigenvalue weighted by atomic mass is 15.4. The Balaban J connectivity index is 1.76. The molecule has 2 saturated carbocycles. The maximum atomic E-state index is 4.32. The summed E-state index contributed by atoms with van der Waals surface area (Å²) < 4.78 is 1.83. The van der Waals surface area contributed by atoms with Crippen molar-refractivity contribution in [3.63, 3.8) is 0 Å². The molecule has 3 rings (SSSR count). The number of aryl methyl sites for hydroxylation is 1. The number of hydrogen-bond donors (Lipinski definition) is 1. The van der Waals surface area contributed by atoms with Crippen LogP contribution in [-0.4, -0.2) is 27.6 Å². The van der Waals surface area contributed by atoms with Crippen molar-refractivity contribution in [1.29, 1.82) is 0 Å². The Hall–Kier alpha value is -0.900. The van der Waals surface area contributed by atoms with Crippen molar-refractivity contribution in [2.24, 2.45) is 24.3 Å². The van der Waals surface area contributed by atoms with Crippen LogP contribution in [0.25, 0.3) is 0 Å². The second kappa shape index (κ2) is 4.89. The summed E-state index contributed by atoms with van der Waals surface area (Å²) >= 11 is 0. The molecule has 0 aromatic carbocycles. The van der Waals surface area contributed by atoms with Gasteiger partial charge in [-0.15, -0.1) is 5.10 Å². The van der Waals surface area contributed by atoms with E-state index >= 15 is 0 Å². The van der Waals surface area contributed by atoms with Crippen LogP contribution in [0.5, 0.6) is 0 Å². The maximum absolute atomic E-state index is 4.32. The number of aromatic nitrogens is 3. The molecular formula is C15H26N4. The van der Waals surface area contributed by atoms with Crippen LogP contribution in [0.3, 0.4) is 0 Å². The van der Waals surface area contributed by atoms with E-state index in [1.54, 1.807) is 0 Å². The van der Waals surface area contributed by atoms with Gasteiger partial charge in [0.15, 0.2) is 0 Å². The van der Waals surface area contributed by atoms with Crippen LogP contribution in [0.15, 0.2) is 6.20 Å². The summed E-state index contributed by atoms with van der Waals surface area (Å²) in [6.07, 6.45) is 8.89. The van der Waals surface area contributed by atoms with Crippen molar-refractivity contribution in [3.05, 3.63) is 11.9 Å². The summed E-state index contributed by atoms with van der Waals surface area (Å²) in [6, 6.07) is 0.567. The first-order valence-electron chi connectivity index (χ1n) is 7.66. The molecule has 2 aliphatic carbocycles. The van der Waals surface area contributed by atoms with Gasteiger partial charge < -0.3 is 5.32 Å². The summed E-state index contributed by atoms with van der Waals surface area (Å²) in [5, 5.41) is 12.1. The fourth-order valence-electron chi connectivity index (χ4n) is 4.30. The van der Waals surface area contributed by atoms with Gasteiger partial charge in [-0.2, -0.15) is 0 Å². The molecule has 1 N–H and O–H groups in total. The molecule has 1 heterocycles. The average Bonchev–Trinajstić information content (AvgIpc) is 3.03. The predicted octanol–water partition coefficient (Wildman–Crippen LogP) is 2.16. The lowest BCUT2D eigenvalue weighted by molar-refractivity contribution is 0.151. The van der Waals surface area contributed by atoms with E-state index in [0.717, 1.165) is 24.8 Å². The van der Waals surface area contributed by atoms with Gasteiger partial charge in [0.25, 0.3) is 0 Å². The normalized spacial score (nSPS) is 33.5. The number of nitrogens with zero attached hydrogens (tertiary/aromatic N) is 3. The SMILES string of the molecule is CC(C)NCC1(Cc2cn(C)nn2)CC2CCC1C2. The zero-order valence-corrected chi connectivity index (χ0v) is 12.4. The zero-order chi connectivity index (χ0) is 13.5. The van der Waals surface area contributed by atoms with E-state index in [1.807, 2.05) is 11.7 Å². The largest absolute Gasteiger partial charge is 0.314 e. The third-order valence-electron chi connectivity index (χ3n) is 5.15. The molecular weight excluding hydrogens is 236 g/mol. The molecule has 1 aromatic heterocycles. The van der Waals surface area contributed by atoms with E-state index in [0.29, 0.717) is 11.5 Å². The maximum Gasteiger partial charge on any atom is 0.0833 e. The topological polar surface area (TPSA) is 42.7 Å². The fraction of sp³-hybridized carbons (Fsp3) is 0.867. The number of hydrogen-bond acceptors (Lipinski definition) is 3. The fourth-order valence-corrected chi connectivity index (χ4v) is 4.30. The average molecular weight is 262 g/mol. The molecule has 1 aromatic rings. The van der Waals surface area contributed by atoms with Crippen LogP contribution >= 0.6 is 0 Å². The first-order valence-corrected chi connectivity index (χ1v) is 7.66. The lowest BCUT2D eigenvalue weighted by Gasteiger charge is -2.38. The van der Waals surface area contributed by atoms with Crippen molar-refractivity contribution < 1.29 is 0 Å². The van der Waals surface area contributed by atoms with Gasteiger partial charge in [0.1, 0.15) is 0 Å². The van der Waals surface area contributed by atoms with Crippen molar-refractivity contribution in [2.45, 2.75) is 52.0 Å². The Morgan fingerprint density at radius 1 is 1.47 bits per heavy atom. The minimum absolute atomic E-state index is 0.434. The van der Waals surface area contributed by atoms with Crippen molar-refractivity contribution in [3.8, 4) is 0 Å². The molecule has 4 heteroatoms. The van der Waals surface area contributed by atoms with E-state index < -0.39 is 0 Å². The van der Waals surface area contributed by atoms with Crippen LogP contribution < -0.4 is 5.32 Å². The van der Waals surface area contributed by atoms with E-state index in [-0.39, 0.29) is 0 Å². The third kappa shape index (κ3) is 2.55. The smallest absolute Gasteiger partial charge is 0.0833 e. The lowest BCUT2D eigenvalue weighted by Crippen LogP contribution is -2.42. The summed E-state index contributed by atoms with van der Waals surface area (Å²) in [6.45, 7) is 5.62. The van der Waals surface area contributed by atoms with Crippen LogP contribution in [0.2, 0.25) is 0 Å². The molecule has 3 atom stereocenters. The Kier molecular flexibility index (Phi) is 3.37. The van der Waals surface area contributed by atoms with Gasteiger partial charge in [-0.3, -0.25) is 4.68 Å². The van der Waals surface area contributed by atoms with Crippen LogP contribution in [0.1, 0.15) is 45.2 Å². The molecule has 0 amide bonds. The standard InChI is InChI=1S/C15H26N4/c1-11(2)16-10-15(7-12-4-5-13(15)6-12)8-14-9-19(3)18-17-14/h9,11-13,16H,4-8,10H2,1-3H3. The summed E-state index contributed by atoms with van der Waals surface area (Å²) in [5.74, 6) is 1.86. The van der Waals surface area contributed by atoms with E-state index in [2.05, 4.69) is 35.7 Å². The zero-order valence-electron chi connectivity index (χ0n) is 12.4. The van der Waals surface area contributed by atoms with Gasteiger partial charge >= 0.3 is 0 Å². The van der Waals surface area contributed by atoms with Crippen LogP contribution in [0.4, 0.5) is 0 Å². The van der Waals surface area contributed by atoms with Crippen molar-refractivity contribution >= 4 is 0 Å². The summed E-state index contributed by atoms with van der Waals surface area (Å²) in [4.78, 5) is 0. The number of nitrogens with one attached hydrogen (secondary N) is 1. The van der Waals surface area contributed by atoms with Gasteiger partial charge in [-0.05, 0) is 36.5 Å². The minimum Gasteiger partial charge on any atom is -0.314 e. The van der Waals surface area contributed by atoms with Gasteiger partial charge in [0.05, 0.1) is 5.69 Å². The molecule has 0 aliphatic heterocycles. The predicted molar refractivity (Wildman–Crippen MR) is 75.7 cm³/mol. The first kappa shape index (κ1) is 13.1. The Bertz CT molecular complexity index is 439. The summed E-state index contributed by atoms with van der Waals surface area (Å²) in [7, 11) is 1.95. The van der Waals surface area contributed by atoms with E-state index in [9.17, 15) is 0 Å². The van der Waals surface area contributed by atoms with Gasteiger partial charge in [-0.25, -0.2) is 0 Å². The number of rotatable bonds is 5. The second-order valence-corrected chi connectivity index (χ2v) is 7.04. The quantitative estimate of drug-likeness (QED) is 0.884. The highest BCUT2D eigenvalue weighted by Gasteiger charge is 2.50. The van der Waals surface area contributed by atoms with E-state index in [1.165, 1.54) is 31.4 Å². The van der Waals surface area contributed by atoms with Crippen molar-refractivity contribution in [2.75, 3.05) is 6.54 Å². The highest BCUT2D eigenvalue weighted by Crippen LogP contribution is 2.56. The third-order valence-corrected chi connectivity index (χ3v) is 5.15. The Morgan fingerprint density at radius 2 is 2.32 bits per heavy atom. The molecule has 0 saturated heterocycles. The lowest BCUT2D eigenvalue weighted by atomic mass is 9.70. The molecule has 0 spiro atoms. The van der Waals surface area contributed by atoms with Gasteiger partial charge in [-0.1, -0.05) is 25.5 Å². The monoisotopic (exact) mass is 262 g/mol. The Labute approximate surface area is 116 Å². The second-order valence-electron chi connectivity index (χ2n) is 7.04. The molecule has 2 bridgehead atoms. The molecule has 3 unspecified atom stereocenters. The molecule has 2 aliphatic rings. The molecule has 106 valence electrons. The minimum atomic E-state index is 0.434. The van der Waals surface area contributed by atoms with Gasteiger partial charge in [0, 0.05) is 32.3 Å². The molecule has 0 radical (unpaired) electrons. The molecule has 2 fully saturated rings. The Morgan fingerprint density at radius 3 is 2.84 bits per heavy atom. The molecule has 4 nitrogen and oxygen atoms in total. The van der Waals surface area contributed by atoms with Crippen molar-refractivity contribution in [1.82, 2.24) is 20.3 Å². The van der Waals surface area contributed by atoms with Gasteiger partial charge in [0.2, 0.25) is 0 Å². The first-order chi connectivity index (χ1) is 9.07. The van der Waals surface area contributed by atoms with E-state index in [4.69, 9.17) is 0 Å². The van der Waals surface area contributed by atoms with Crippen LogP contribution in [0, 0.1) is 17.3 Å². The number of fused-ring (bicyclic) bond motifs is 2. The highest BCUT2D eigenvalue weighted by molar-refractivity contribution is 5.08. The van der Waals surface area contributed by atoms with Crippen LogP contribution in [-0.2, 0) is 13.5 Å².